The van der Waals surface area contributed by atoms with E-state index in [0.29, 0.717) is 24.2 Å². The van der Waals surface area contributed by atoms with E-state index in [1.54, 1.807) is 13.0 Å². The summed E-state index contributed by atoms with van der Waals surface area (Å²) in [5.74, 6) is 2.44. The van der Waals surface area contributed by atoms with Crippen LogP contribution < -0.4 is 0 Å². The predicted octanol–water partition coefficient (Wildman–Crippen LogP) is 2.78. The molecule has 0 spiro atoms. The van der Waals surface area contributed by atoms with E-state index in [4.69, 9.17) is 18.1 Å². The molecule has 190 valence electrons. The lowest BCUT2D eigenvalue weighted by Crippen LogP contribution is -2.64. The van der Waals surface area contributed by atoms with Crippen molar-refractivity contribution in [1.82, 2.24) is 0 Å². The molecule has 1 aromatic heterocycles. The van der Waals surface area contributed by atoms with Gasteiger partial charge in [0.25, 0.3) is 10.1 Å². The van der Waals surface area contributed by atoms with Crippen molar-refractivity contribution < 1.29 is 40.9 Å². The van der Waals surface area contributed by atoms with Crippen LogP contribution in [0.5, 0.6) is 0 Å². The lowest BCUT2D eigenvalue weighted by atomic mass is 9.43. The Balaban J connectivity index is 1.82. The molecule has 3 fully saturated rings. The van der Waals surface area contributed by atoms with Crippen LogP contribution in [0.25, 0.3) is 0 Å². The van der Waals surface area contributed by atoms with Gasteiger partial charge in [0.2, 0.25) is 0 Å². The zero-order valence-electron chi connectivity index (χ0n) is 20.5. The van der Waals surface area contributed by atoms with Crippen LogP contribution in [0.2, 0.25) is 0 Å². The Morgan fingerprint density at radius 1 is 1.23 bits per heavy atom. The summed E-state index contributed by atoms with van der Waals surface area (Å²) >= 11 is 0. The number of carbonyl (C=O) groups is 3. The van der Waals surface area contributed by atoms with Crippen molar-refractivity contribution in [3.63, 3.8) is 0 Å². The quantitative estimate of drug-likeness (QED) is 0.344. The lowest BCUT2D eigenvalue weighted by Gasteiger charge is -2.61. The molecule has 9 nitrogen and oxygen atoms in total. The summed E-state index contributed by atoms with van der Waals surface area (Å²) < 4.78 is 45.4. The fraction of sp³-hybridized carbons (Fsp3) is 0.640. The summed E-state index contributed by atoms with van der Waals surface area (Å²) in [5.41, 5.74) is -1.17. The maximum atomic E-state index is 13.9. The van der Waals surface area contributed by atoms with E-state index >= 15 is 0 Å². The van der Waals surface area contributed by atoms with Gasteiger partial charge in [0.1, 0.15) is 12.2 Å². The van der Waals surface area contributed by atoms with Crippen LogP contribution in [-0.2, 0) is 38.2 Å². The predicted molar refractivity (Wildman–Crippen MR) is 122 cm³/mol. The Labute approximate surface area is 205 Å². The number of Topliss-reactive ketones (excluding diaryl/α,β-unsaturated/α-hetero) is 1. The molecule has 1 aliphatic heterocycles. The Bertz CT molecular complexity index is 1220. The van der Waals surface area contributed by atoms with Gasteiger partial charge in [-0.25, -0.2) is 0 Å². The number of cyclic esters (lactones) is 1. The molecule has 1 saturated heterocycles. The van der Waals surface area contributed by atoms with Gasteiger partial charge in [-0.3, -0.25) is 18.6 Å². The van der Waals surface area contributed by atoms with Gasteiger partial charge in [0, 0.05) is 11.5 Å². The van der Waals surface area contributed by atoms with E-state index in [-0.39, 0.29) is 12.8 Å². The number of rotatable bonds is 4. The largest absolute Gasteiger partial charge is 0.469 e. The summed E-state index contributed by atoms with van der Waals surface area (Å²) in [5, 5.41) is 0. The number of carbonyl (C=O) groups excluding carboxylic acids is 3. The molecule has 1 aromatic rings. The van der Waals surface area contributed by atoms with Crippen LogP contribution in [0.3, 0.4) is 0 Å². The van der Waals surface area contributed by atoms with Crippen molar-refractivity contribution in [1.29, 1.82) is 0 Å². The molecule has 0 radical (unpaired) electrons. The third-order valence-electron chi connectivity index (χ3n) is 8.16. The SMILES string of the molecule is CC#Cc1occc1[C@@H]1C[C@]2(C)[C@H]3C(=O)[C@@H](OS(C)(=O)=O)C[C@@H](C(=O)OC)[C@]3(C)CC[C@H]2C(=O)O1. The van der Waals surface area contributed by atoms with Gasteiger partial charge >= 0.3 is 11.9 Å². The Kier molecular flexibility index (Phi) is 6.39. The maximum absolute atomic E-state index is 13.9. The zero-order valence-corrected chi connectivity index (χ0v) is 21.3. The van der Waals surface area contributed by atoms with Gasteiger partial charge in [-0.05, 0) is 55.4 Å². The van der Waals surface area contributed by atoms with Crippen LogP contribution in [-0.4, -0.2) is 45.6 Å². The number of furan rings is 1. The highest BCUT2D eigenvalue weighted by Crippen LogP contribution is 2.65. The number of esters is 2. The van der Waals surface area contributed by atoms with Crippen molar-refractivity contribution >= 4 is 27.8 Å². The molecule has 35 heavy (non-hydrogen) atoms. The monoisotopic (exact) mass is 506 g/mol. The molecule has 0 bridgehead atoms. The first-order valence-electron chi connectivity index (χ1n) is 11.6. The minimum absolute atomic E-state index is 0.0990. The summed E-state index contributed by atoms with van der Waals surface area (Å²) in [4.78, 5) is 40.0. The molecular formula is C25H30O9S. The standard InChI is InChI=1S/C25H30O9S/c1-6-7-17-14(9-11-32-17)19-13-25(3)15(23(28)33-19)8-10-24(2)16(22(27)31-4)12-18(20(26)21(24)25)34-35(5,29)30/h9,11,15-16,18-19,21H,8,10,12-13H2,1-5H3/t15-,16-,18-,19-,21-,24-,25-/m0/s1. The van der Waals surface area contributed by atoms with Crippen molar-refractivity contribution in [2.24, 2.45) is 28.6 Å². The van der Waals surface area contributed by atoms with E-state index < -0.39 is 68.6 Å². The number of methoxy groups -OCH3 is 1. The average molecular weight is 507 g/mol. The van der Waals surface area contributed by atoms with E-state index in [0.717, 1.165) is 6.26 Å². The van der Waals surface area contributed by atoms with Crippen LogP contribution in [0, 0.1) is 40.4 Å². The van der Waals surface area contributed by atoms with Gasteiger partial charge in [-0.15, -0.1) is 0 Å². The Morgan fingerprint density at radius 3 is 2.57 bits per heavy atom. The summed E-state index contributed by atoms with van der Waals surface area (Å²) in [7, 11) is -2.72. The zero-order chi connectivity index (χ0) is 25.8. The summed E-state index contributed by atoms with van der Waals surface area (Å²) in [6, 6.07) is 1.69. The van der Waals surface area contributed by atoms with E-state index in [9.17, 15) is 22.8 Å². The number of fused-ring (bicyclic) bond motifs is 3. The highest BCUT2D eigenvalue weighted by atomic mass is 32.2. The van der Waals surface area contributed by atoms with Gasteiger partial charge in [0.05, 0.1) is 31.5 Å². The lowest BCUT2D eigenvalue weighted by molar-refractivity contribution is -0.206. The molecule has 0 amide bonds. The van der Waals surface area contributed by atoms with Crippen LogP contribution in [0.15, 0.2) is 16.7 Å². The molecule has 0 aromatic carbocycles. The number of hydrogen-bond donors (Lipinski definition) is 0. The van der Waals surface area contributed by atoms with Crippen LogP contribution in [0.1, 0.15) is 63.9 Å². The Morgan fingerprint density at radius 2 is 1.94 bits per heavy atom. The number of ketones is 1. The van der Waals surface area contributed by atoms with Crippen molar-refractivity contribution in [2.75, 3.05) is 13.4 Å². The van der Waals surface area contributed by atoms with E-state index in [1.807, 2.05) is 13.8 Å². The first kappa shape index (κ1) is 25.5. The summed E-state index contributed by atoms with van der Waals surface area (Å²) in [6.45, 7) is 5.38. The normalized spacial score (nSPS) is 36.8. The molecule has 2 heterocycles. The van der Waals surface area contributed by atoms with Crippen molar-refractivity contribution in [2.45, 2.75) is 58.7 Å². The molecule has 4 rings (SSSR count). The first-order valence-corrected chi connectivity index (χ1v) is 13.4. The first-order chi connectivity index (χ1) is 16.4. The van der Waals surface area contributed by atoms with Gasteiger partial charge < -0.3 is 13.9 Å². The molecule has 2 aliphatic carbocycles. The average Bonchev–Trinajstić information content (AvgIpc) is 3.22. The molecule has 3 aliphatic rings. The fourth-order valence-corrected chi connectivity index (χ4v) is 7.37. The Hall–Kier alpha value is -2.64. The molecule has 7 atom stereocenters. The fourth-order valence-electron chi connectivity index (χ4n) is 6.77. The third kappa shape index (κ3) is 4.19. The second kappa shape index (κ2) is 8.79. The van der Waals surface area contributed by atoms with Crippen LogP contribution in [0.4, 0.5) is 0 Å². The summed E-state index contributed by atoms with van der Waals surface area (Å²) in [6.07, 6.45) is 1.32. The van der Waals surface area contributed by atoms with E-state index in [1.165, 1.54) is 13.4 Å². The molecular weight excluding hydrogens is 476 g/mol. The maximum Gasteiger partial charge on any atom is 0.310 e. The molecule has 2 saturated carbocycles. The molecule has 0 N–H and O–H groups in total. The number of ether oxygens (including phenoxy) is 2. The second-order valence-electron chi connectivity index (χ2n) is 10.2. The molecule has 0 unspecified atom stereocenters. The highest BCUT2D eigenvalue weighted by molar-refractivity contribution is 7.86. The minimum atomic E-state index is -3.98. The topological polar surface area (TPSA) is 126 Å². The minimum Gasteiger partial charge on any atom is -0.469 e. The van der Waals surface area contributed by atoms with Gasteiger partial charge in [-0.1, -0.05) is 19.8 Å². The smallest absolute Gasteiger partial charge is 0.310 e. The molecule has 10 heteroatoms. The van der Waals surface area contributed by atoms with Crippen molar-refractivity contribution in [3.05, 3.63) is 23.7 Å². The van der Waals surface area contributed by atoms with E-state index in [2.05, 4.69) is 11.8 Å². The second-order valence-corrected chi connectivity index (χ2v) is 11.8. The van der Waals surface area contributed by atoms with Crippen molar-refractivity contribution in [3.8, 4) is 11.8 Å². The highest BCUT2D eigenvalue weighted by Gasteiger charge is 2.67. The van der Waals surface area contributed by atoms with Gasteiger partial charge in [0.15, 0.2) is 11.5 Å². The van der Waals surface area contributed by atoms with Crippen LogP contribution >= 0.6 is 0 Å². The number of hydrogen-bond acceptors (Lipinski definition) is 9. The third-order valence-corrected chi connectivity index (χ3v) is 8.74. The van der Waals surface area contributed by atoms with Gasteiger partial charge in [-0.2, -0.15) is 8.42 Å².